The Morgan fingerprint density at radius 1 is 1.50 bits per heavy atom. The summed E-state index contributed by atoms with van der Waals surface area (Å²) in [5.41, 5.74) is 0.663. The molecule has 64 valence electrons. The topological polar surface area (TPSA) is 12.9 Å². The maximum absolute atomic E-state index is 12.5. The highest BCUT2D eigenvalue weighted by molar-refractivity contribution is 9.09. The second-order valence-corrected chi connectivity index (χ2v) is 3.06. The van der Waals surface area contributed by atoms with Crippen LogP contribution in [0.15, 0.2) is 24.3 Å². The molecular weight excluding hydrogens is 221 g/mol. The van der Waals surface area contributed by atoms with Gasteiger partial charge in [-0.15, -0.1) is 0 Å². The maximum Gasteiger partial charge on any atom is 0.213 e. The van der Waals surface area contributed by atoms with Crippen molar-refractivity contribution in [2.45, 2.75) is 6.42 Å². The summed E-state index contributed by atoms with van der Waals surface area (Å²) in [6.45, 7) is 0. The highest BCUT2D eigenvalue weighted by Crippen LogP contribution is 2.01. The number of rotatable bonds is 3. The number of halogens is 2. The van der Waals surface area contributed by atoms with Gasteiger partial charge in [0.15, 0.2) is 0 Å². The maximum atomic E-state index is 12.5. The van der Waals surface area contributed by atoms with Crippen LogP contribution in [-0.2, 0) is 0 Å². The fourth-order valence-electron chi connectivity index (χ4n) is 0.784. The molecule has 0 unspecified atom stereocenters. The van der Waals surface area contributed by atoms with Crippen LogP contribution >= 0.6 is 15.9 Å². The highest BCUT2D eigenvalue weighted by Gasteiger charge is 1.90. The fraction of sp³-hybridized carbons (Fsp3) is 0.222. The van der Waals surface area contributed by atoms with Crippen LogP contribution < -0.4 is 0 Å². The molecule has 0 spiro atoms. The van der Waals surface area contributed by atoms with Gasteiger partial charge < -0.3 is 0 Å². The molecule has 0 aromatic carbocycles. The van der Waals surface area contributed by atoms with Crippen molar-refractivity contribution in [3.63, 3.8) is 0 Å². The second kappa shape index (κ2) is 5.04. The third-order valence-electron chi connectivity index (χ3n) is 1.30. The van der Waals surface area contributed by atoms with Gasteiger partial charge in [-0.25, -0.2) is 4.98 Å². The second-order valence-electron chi connectivity index (χ2n) is 2.27. The van der Waals surface area contributed by atoms with Crippen molar-refractivity contribution in [2.75, 3.05) is 5.33 Å². The zero-order valence-corrected chi connectivity index (χ0v) is 8.09. The van der Waals surface area contributed by atoms with Crippen molar-refractivity contribution in [1.82, 2.24) is 4.98 Å². The summed E-state index contributed by atoms with van der Waals surface area (Å²) >= 11 is 3.29. The molecule has 12 heavy (non-hydrogen) atoms. The molecule has 0 aliphatic heterocycles. The minimum absolute atomic E-state index is 0.434. The zero-order valence-electron chi connectivity index (χ0n) is 6.50. The summed E-state index contributed by atoms with van der Waals surface area (Å²) in [5, 5.41) is 0.915. The Morgan fingerprint density at radius 3 is 3.00 bits per heavy atom. The Labute approximate surface area is 79.5 Å². The quantitative estimate of drug-likeness (QED) is 0.574. The Bertz CT molecular complexity index is 273. The van der Waals surface area contributed by atoms with E-state index >= 15 is 0 Å². The van der Waals surface area contributed by atoms with Crippen molar-refractivity contribution in [1.29, 1.82) is 0 Å². The highest BCUT2D eigenvalue weighted by atomic mass is 79.9. The average molecular weight is 230 g/mol. The first-order valence-electron chi connectivity index (χ1n) is 3.68. The van der Waals surface area contributed by atoms with E-state index in [4.69, 9.17) is 0 Å². The van der Waals surface area contributed by atoms with E-state index in [0.717, 1.165) is 11.8 Å². The third-order valence-corrected chi connectivity index (χ3v) is 1.76. The summed E-state index contributed by atoms with van der Waals surface area (Å²) in [4.78, 5) is 3.68. The van der Waals surface area contributed by atoms with E-state index in [2.05, 4.69) is 20.9 Å². The molecule has 1 aromatic heterocycles. The molecule has 0 bridgehead atoms. The number of allylic oxidation sites excluding steroid dienone is 1. The smallest absolute Gasteiger partial charge is 0.213 e. The summed E-state index contributed by atoms with van der Waals surface area (Å²) in [6, 6.07) is 4.76. The van der Waals surface area contributed by atoms with Crippen LogP contribution in [-0.4, -0.2) is 10.3 Å². The molecule has 0 atom stereocenters. The fourth-order valence-corrected chi connectivity index (χ4v) is 1.05. The first-order valence-corrected chi connectivity index (χ1v) is 4.80. The average Bonchev–Trinajstić information content (AvgIpc) is 2.05. The van der Waals surface area contributed by atoms with E-state index in [1.807, 2.05) is 12.2 Å². The first kappa shape index (κ1) is 9.39. The first-order chi connectivity index (χ1) is 5.83. The minimum Gasteiger partial charge on any atom is -0.220 e. The van der Waals surface area contributed by atoms with Crippen molar-refractivity contribution < 1.29 is 4.39 Å². The molecule has 1 rings (SSSR count). The lowest BCUT2D eigenvalue weighted by atomic mass is 10.3. The van der Waals surface area contributed by atoms with E-state index in [1.165, 1.54) is 6.07 Å². The van der Waals surface area contributed by atoms with Crippen LogP contribution in [0.2, 0.25) is 0 Å². The number of aromatic nitrogens is 1. The molecule has 3 heteroatoms. The minimum atomic E-state index is -0.434. The molecule has 0 aliphatic rings. The lowest BCUT2D eigenvalue weighted by Gasteiger charge is -1.91. The molecule has 0 fully saturated rings. The van der Waals surface area contributed by atoms with Crippen LogP contribution in [0.4, 0.5) is 4.39 Å². The van der Waals surface area contributed by atoms with Gasteiger partial charge in [-0.2, -0.15) is 4.39 Å². The third kappa shape index (κ3) is 3.13. The van der Waals surface area contributed by atoms with Gasteiger partial charge in [-0.1, -0.05) is 28.1 Å². The Balaban J connectivity index is 2.63. The van der Waals surface area contributed by atoms with Gasteiger partial charge in [0.05, 0.1) is 5.69 Å². The predicted molar refractivity (Wildman–Crippen MR) is 51.6 cm³/mol. The van der Waals surface area contributed by atoms with Gasteiger partial charge >= 0.3 is 0 Å². The van der Waals surface area contributed by atoms with Crippen molar-refractivity contribution >= 4 is 22.0 Å². The lowest BCUT2D eigenvalue weighted by molar-refractivity contribution is 0.583. The van der Waals surface area contributed by atoms with Crippen LogP contribution in [0.3, 0.4) is 0 Å². The van der Waals surface area contributed by atoms with Gasteiger partial charge in [-0.05, 0) is 24.6 Å². The molecule has 1 nitrogen and oxygen atoms in total. The number of hydrogen-bond acceptors (Lipinski definition) is 1. The van der Waals surface area contributed by atoms with Crippen LogP contribution in [0.25, 0.3) is 6.08 Å². The molecule has 0 radical (unpaired) electrons. The van der Waals surface area contributed by atoms with Crippen LogP contribution in [0.1, 0.15) is 12.1 Å². The molecule has 0 aliphatic carbocycles. The summed E-state index contributed by atoms with van der Waals surface area (Å²) in [6.07, 6.45) is 4.69. The van der Waals surface area contributed by atoms with Crippen molar-refractivity contribution in [2.24, 2.45) is 0 Å². The normalized spacial score (nSPS) is 10.8. The van der Waals surface area contributed by atoms with E-state index in [-0.39, 0.29) is 0 Å². The molecule has 0 amide bonds. The molecule has 1 aromatic rings. The van der Waals surface area contributed by atoms with Gasteiger partial charge in [0, 0.05) is 5.33 Å². The van der Waals surface area contributed by atoms with Crippen LogP contribution in [0.5, 0.6) is 0 Å². The molecule has 1 heterocycles. The number of hydrogen-bond donors (Lipinski definition) is 0. The number of pyridine rings is 1. The molecule has 0 N–H and O–H groups in total. The van der Waals surface area contributed by atoms with Crippen molar-refractivity contribution in [3.05, 3.63) is 35.9 Å². The number of alkyl halides is 1. The molecule has 0 saturated carbocycles. The van der Waals surface area contributed by atoms with Gasteiger partial charge in [0.25, 0.3) is 0 Å². The van der Waals surface area contributed by atoms with E-state index in [9.17, 15) is 4.39 Å². The van der Waals surface area contributed by atoms with Gasteiger partial charge in [0.2, 0.25) is 5.95 Å². The van der Waals surface area contributed by atoms with E-state index in [0.29, 0.717) is 5.69 Å². The Hall–Kier alpha value is -0.700. The standard InChI is InChI=1S/C9H9BrFN/c10-7-2-1-4-8-5-3-6-9(11)12-8/h1,3-6H,2,7H2. The van der Waals surface area contributed by atoms with E-state index in [1.54, 1.807) is 12.1 Å². The SMILES string of the molecule is Fc1cccc(C=CCCBr)n1. The summed E-state index contributed by atoms with van der Waals surface area (Å²) in [5.74, 6) is -0.434. The van der Waals surface area contributed by atoms with Gasteiger partial charge in [0.1, 0.15) is 0 Å². The molecular formula is C9H9BrFN. The Morgan fingerprint density at radius 2 is 2.33 bits per heavy atom. The zero-order chi connectivity index (χ0) is 8.81. The lowest BCUT2D eigenvalue weighted by Crippen LogP contribution is -1.84. The number of nitrogens with zero attached hydrogens (tertiary/aromatic N) is 1. The monoisotopic (exact) mass is 229 g/mol. The molecule has 0 saturated heterocycles. The summed E-state index contributed by atoms with van der Waals surface area (Å²) < 4.78 is 12.5. The van der Waals surface area contributed by atoms with E-state index < -0.39 is 5.95 Å². The van der Waals surface area contributed by atoms with Gasteiger partial charge in [-0.3, -0.25) is 0 Å². The van der Waals surface area contributed by atoms with Crippen molar-refractivity contribution in [3.8, 4) is 0 Å². The van der Waals surface area contributed by atoms with Crippen LogP contribution in [0, 0.1) is 5.95 Å². The Kier molecular flexibility index (Phi) is 3.94. The predicted octanol–water partition coefficient (Wildman–Crippen LogP) is 3.02. The largest absolute Gasteiger partial charge is 0.220 e. The summed E-state index contributed by atoms with van der Waals surface area (Å²) in [7, 11) is 0.